The van der Waals surface area contributed by atoms with Crippen molar-refractivity contribution in [2.75, 3.05) is 49.5 Å². The van der Waals surface area contributed by atoms with Gasteiger partial charge in [0.15, 0.2) is 0 Å². The molecule has 3 N–H and O–H groups in total. The van der Waals surface area contributed by atoms with E-state index in [0.717, 1.165) is 37.6 Å². The number of rotatable bonds is 4. The summed E-state index contributed by atoms with van der Waals surface area (Å²) in [6.45, 7) is 5.94. The first kappa shape index (κ1) is 13.6. The quantitative estimate of drug-likeness (QED) is 0.711. The first-order valence-corrected chi connectivity index (χ1v) is 6.48. The largest absolute Gasteiger partial charge is 0.395 e. The van der Waals surface area contributed by atoms with Gasteiger partial charge in [-0.25, -0.2) is 4.98 Å². The van der Waals surface area contributed by atoms with Crippen LogP contribution in [-0.4, -0.2) is 49.4 Å². The van der Waals surface area contributed by atoms with Gasteiger partial charge in [0.25, 0.3) is 0 Å². The lowest BCUT2D eigenvalue weighted by Crippen LogP contribution is -2.44. The maximum Gasteiger partial charge on any atom is 0.149 e. The van der Waals surface area contributed by atoms with Crippen LogP contribution in [0, 0.1) is 18.3 Å². The van der Waals surface area contributed by atoms with Gasteiger partial charge in [-0.2, -0.15) is 5.26 Å². The summed E-state index contributed by atoms with van der Waals surface area (Å²) in [6, 6.07) is 4.09. The molecule has 1 fully saturated rings. The van der Waals surface area contributed by atoms with E-state index in [2.05, 4.69) is 26.6 Å². The molecule has 1 aliphatic rings. The molecule has 0 radical (unpaired) electrons. The monoisotopic (exact) mass is 261 g/mol. The lowest BCUT2D eigenvalue weighted by molar-refractivity contribution is 0.311. The Morgan fingerprint density at radius 2 is 2.26 bits per heavy atom. The number of aliphatic hydroxyl groups is 1. The molecule has 19 heavy (non-hydrogen) atoms. The van der Waals surface area contributed by atoms with Crippen LogP contribution in [0.1, 0.15) is 11.1 Å². The van der Waals surface area contributed by atoms with Crippen LogP contribution in [0.4, 0.5) is 11.6 Å². The Morgan fingerprint density at radius 1 is 1.53 bits per heavy atom. The number of hydrogen-bond acceptors (Lipinski definition) is 6. The van der Waals surface area contributed by atoms with Gasteiger partial charge in [-0.05, 0) is 18.6 Å². The molecule has 0 atom stereocenters. The van der Waals surface area contributed by atoms with Gasteiger partial charge in [-0.15, -0.1) is 0 Å². The Bertz CT molecular complexity index is 477. The molecule has 0 aromatic carbocycles. The smallest absolute Gasteiger partial charge is 0.149 e. The second kappa shape index (κ2) is 6.36. The summed E-state index contributed by atoms with van der Waals surface area (Å²) in [6.07, 6.45) is 0. The molecular weight excluding hydrogens is 242 g/mol. The molecule has 0 spiro atoms. The van der Waals surface area contributed by atoms with Gasteiger partial charge < -0.3 is 20.6 Å². The van der Waals surface area contributed by atoms with E-state index in [1.54, 1.807) is 0 Å². The third-order valence-electron chi connectivity index (χ3n) is 3.14. The Morgan fingerprint density at radius 3 is 2.89 bits per heavy atom. The van der Waals surface area contributed by atoms with Gasteiger partial charge in [0.05, 0.1) is 12.2 Å². The molecule has 0 aliphatic carbocycles. The molecule has 6 heteroatoms. The van der Waals surface area contributed by atoms with Crippen LogP contribution in [0.2, 0.25) is 0 Å². The fourth-order valence-corrected chi connectivity index (χ4v) is 2.17. The zero-order valence-electron chi connectivity index (χ0n) is 11.1. The van der Waals surface area contributed by atoms with E-state index in [9.17, 15) is 5.26 Å². The van der Waals surface area contributed by atoms with Gasteiger partial charge in [0.2, 0.25) is 0 Å². The van der Waals surface area contributed by atoms with Crippen molar-refractivity contribution in [1.82, 2.24) is 10.3 Å². The highest BCUT2D eigenvalue weighted by Crippen LogP contribution is 2.24. The maximum absolute atomic E-state index is 9.30. The fraction of sp³-hybridized carbons (Fsp3) is 0.538. The van der Waals surface area contributed by atoms with Crippen LogP contribution in [0.25, 0.3) is 0 Å². The predicted octanol–water partition coefficient (Wildman–Crippen LogP) is 0.0755. The number of nitrogens with zero attached hydrogens (tertiary/aromatic N) is 3. The third-order valence-corrected chi connectivity index (χ3v) is 3.14. The number of aromatic nitrogens is 1. The Labute approximate surface area is 113 Å². The Kier molecular flexibility index (Phi) is 4.55. The van der Waals surface area contributed by atoms with Crippen LogP contribution in [0.5, 0.6) is 0 Å². The summed E-state index contributed by atoms with van der Waals surface area (Å²) in [4.78, 5) is 6.65. The van der Waals surface area contributed by atoms with Crippen molar-refractivity contribution in [3.05, 3.63) is 17.2 Å². The Hall–Kier alpha value is -1.84. The van der Waals surface area contributed by atoms with E-state index in [0.29, 0.717) is 17.9 Å². The van der Waals surface area contributed by atoms with Gasteiger partial charge >= 0.3 is 0 Å². The molecule has 1 saturated heterocycles. The van der Waals surface area contributed by atoms with Gasteiger partial charge in [0.1, 0.15) is 17.7 Å². The highest BCUT2D eigenvalue weighted by Gasteiger charge is 2.18. The molecule has 1 aromatic heterocycles. The van der Waals surface area contributed by atoms with Crippen LogP contribution in [0.3, 0.4) is 0 Å². The minimum absolute atomic E-state index is 0.0592. The number of pyridine rings is 1. The second-order valence-corrected chi connectivity index (χ2v) is 4.52. The summed E-state index contributed by atoms with van der Waals surface area (Å²) in [5.41, 5.74) is 1.54. The number of hydrogen-bond donors (Lipinski definition) is 3. The van der Waals surface area contributed by atoms with Crippen LogP contribution in [0.15, 0.2) is 6.07 Å². The minimum atomic E-state index is 0.0592. The summed E-state index contributed by atoms with van der Waals surface area (Å²) in [5.74, 6) is 1.45. The van der Waals surface area contributed by atoms with E-state index < -0.39 is 0 Å². The number of nitriles is 1. The average molecular weight is 261 g/mol. The number of aliphatic hydroxyl groups excluding tert-OH is 1. The van der Waals surface area contributed by atoms with E-state index in [4.69, 9.17) is 5.11 Å². The molecule has 2 heterocycles. The van der Waals surface area contributed by atoms with Crippen molar-refractivity contribution in [3.63, 3.8) is 0 Å². The zero-order valence-corrected chi connectivity index (χ0v) is 11.1. The predicted molar refractivity (Wildman–Crippen MR) is 74.3 cm³/mol. The Balaban J connectivity index is 2.32. The van der Waals surface area contributed by atoms with Gasteiger partial charge in [0, 0.05) is 32.7 Å². The first-order valence-electron chi connectivity index (χ1n) is 6.48. The van der Waals surface area contributed by atoms with Crippen LogP contribution >= 0.6 is 0 Å². The van der Waals surface area contributed by atoms with E-state index in [1.165, 1.54) is 0 Å². The van der Waals surface area contributed by atoms with Crippen molar-refractivity contribution < 1.29 is 5.11 Å². The molecule has 1 aromatic rings. The lowest BCUT2D eigenvalue weighted by Gasteiger charge is -2.29. The molecule has 0 amide bonds. The van der Waals surface area contributed by atoms with E-state index in [1.807, 2.05) is 13.0 Å². The summed E-state index contributed by atoms with van der Waals surface area (Å²) in [5, 5.41) is 24.5. The third kappa shape index (κ3) is 3.13. The number of nitrogens with one attached hydrogen (secondary N) is 2. The molecule has 1 aliphatic heterocycles. The number of aryl methyl sites for hydroxylation is 1. The SMILES string of the molecule is Cc1cc(NCCO)nc(N2CCNCC2)c1C#N. The highest BCUT2D eigenvalue weighted by molar-refractivity contribution is 5.62. The van der Waals surface area contributed by atoms with Crippen molar-refractivity contribution in [1.29, 1.82) is 5.26 Å². The molecule has 2 rings (SSSR count). The average Bonchev–Trinajstić information content (AvgIpc) is 2.45. The molecule has 102 valence electrons. The minimum Gasteiger partial charge on any atom is -0.395 e. The second-order valence-electron chi connectivity index (χ2n) is 4.52. The molecule has 6 nitrogen and oxygen atoms in total. The van der Waals surface area contributed by atoms with Gasteiger partial charge in [-0.1, -0.05) is 0 Å². The van der Waals surface area contributed by atoms with Gasteiger partial charge in [-0.3, -0.25) is 0 Å². The van der Waals surface area contributed by atoms with Crippen molar-refractivity contribution in [3.8, 4) is 6.07 Å². The van der Waals surface area contributed by atoms with Crippen molar-refractivity contribution >= 4 is 11.6 Å². The standard InChI is InChI=1S/C13H19N5O/c1-10-8-12(16-4-7-19)17-13(11(10)9-14)18-5-2-15-3-6-18/h8,15,19H,2-7H2,1H3,(H,16,17). The number of piperazine rings is 1. The van der Waals surface area contributed by atoms with Crippen molar-refractivity contribution in [2.24, 2.45) is 0 Å². The van der Waals surface area contributed by atoms with E-state index in [-0.39, 0.29) is 6.61 Å². The van der Waals surface area contributed by atoms with E-state index >= 15 is 0 Å². The molecule has 0 bridgehead atoms. The molecule has 0 saturated carbocycles. The van der Waals surface area contributed by atoms with Crippen molar-refractivity contribution in [2.45, 2.75) is 6.92 Å². The zero-order chi connectivity index (χ0) is 13.7. The van der Waals surface area contributed by atoms with Crippen LogP contribution in [-0.2, 0) is 0 Å². The molecular formula is C13H19N5O. The topological polar surface area (TPSA) is 84.2 Å². The number of anilines is 2. The van der Waals surface area contributed by atoms with Crippen LogP contribution < -0.4 is 15.5 Å². The lowest BCUT2D eigenvalue weighted by atomic mass is 10.1. The fourth-order valence-electron chi connectivity index (χ4n) is 2.17. The summed E-state index contributed by atoms with van der Waals surface area (Å²) in [7, 11) is 0. The molecule has 0 unspecified atom stereocenters. The highest BCUT2D eigenvalue weighted by atomic mass is 16.3. The summed E-state index contributed by atoms with van der Waals surface area (Å²) >= 11 is 0. The first-order chi connectivity index (χ1) is 9.26. The summed E-state index contributed by atoms with van der Waals surface area (Å²) < 4.78 is 0. The normalized spacial score (nSPS) is 15.1. The maximum atomic E-state index is 9.30.